The largest absolute Gasteiger partial charge is 0.497 e. The van der Waals surface area contributed by atoms with Crippen molar-refractivity contribution in [2.75, 3.05) is 19.1 Å². The van der Waals surface area contributed by atoms with Crippen molar-refractivity contribution in [3.05, 3.63) is 44.1 Å². The van der Waals surface area contributed by atoms with Gasteiger partial charge in [0.1, 0.15) is 16.4 Å². The molecule has 1 heterocycles. The predicted octanol–water partition coefficient (Wildman–Crippen LogP) is 3.85. The second-order valence-electron chi connectivity index (χ2n) is 4.71. The number of halogens is 4. The van der Waals surface area contributed by atoms with E-state index in [0.717, 1.165) is 22.8 Å². The Morgan fingerprint density at radius 1 is 1.42 bits per heavy atom. The summed E-state index contributed by atoms with van der Waals surface area (Å²) in [4.78, 5) is 14.9. The number of nitrogens with zero attached hydrogens (tertiary/aromatic N) is 3. The maximum atomic E-state index is 13.9. The Morgan fingerprint density at radius 3 is 2.58 bits per heavy atom. The molecule has 11 heteroatoms. The molecule has 6 nitrogen and oxygen atoms in total. The zero-order valence-electron chi connectivity index (χ0n) is 12.4. The number of alkyl halides is 3. The lowest BCUT2D eigenvalue weighted by atomic mass is 10.2. The van der Waals surface area contributed by atoms with Crippen molar-refractivity contribution >= 4 is 22.7 Å². The molecule has 0 unspecified atom stereocenters. The Morgan fingerprint density at radius 2 is 2.08 bits per heavy atom. The maximum absolute atomic E-state index is 13.9. The highest BCUT2D eigenvalue weighted by molar-refractivity contribution is 7.09. The zero-order chi connectivity index (χ0) is 18.1. The summed E-state index contributed by atoms with van der Waals surface area (Å²) in [6.07, 6.45) is -4.57. The summed E-state index contributed by atoms with van der Waals surface area (Å²) in [6.45, 7) is -0.159. The van der Waals surface area contributed by atoms with Crippen LogP contribution in [-0.4, -0.2) is 24.1 Å². The lowest BCUT2D eigenvalue weighted by molar-refractivity contribution is -0.386. The summed E-state index contributed by atoms with van der Waals surface area (Å²) in [6, 6.07) is 2.10. The van der Waals surface area contributed by atoms with E-state index in [-0.39, 0.29) is 23.0 Å². The summed E-state index contributed by atoms with van der Waals surface area (Å²) < 4.78 is 56.4. The molecule has 0 atom stereocenters. The molecule has 130 valence electrons. The minimum absolute atomic E-state index is 0.0510. The van der Waals surface area contributed by atoms with E-state index in [9.17, 15) is 27.7 Å². The van der Waals surface area contributed by atoms with E-state index in [0.29, 0.717) is 0 Å². The van der Waals surface area contributed by atoms with Gasteiger partial charge in [-0.25, -0.2) is 4.98 Å². The molecule has 24 heavy (non-hydrogen) atoms. The number of nitro groups is 1. The number of benzene rings is 1. The van der Waals surface area contributed by atoms with Crippen LogP contribution in [-0.2, 0) is 12.7 Å². The fraction of sp³-hybridized carbons (Fsp3) is 0.308. The molecule has 0 N–H and O–H groups in total. The molecule has 1 aromatic heterocycles. The van der Waals surface area contributed by atoms with Crippen LogP contribution in [0.3, 0.4) is 0 Å². The number of ether oxygens (including phenoxy) is 1. The minimum atomic E-state index is -4.57. The van der Waals surface area contributed by atoms with Crippen LogP contribution >= 0.6 is 11.3 Å². The number of methoxy groups -OCH3 is 1. The quantitative estimate of drug-likeness (QED) is 0.457. The number of nitro benzene ring substituents is 1. The summed E-state index contributed by atoms with van der Waals surface area (Å²) in [5.41, 5.74) is -1.95. The summed E-state index contributed by atoms with van der Waals surface area (Å²) in [7, 11) is 2.65. The van der Waals surface area contributed by atoms with Crippen LogP contribution in [0.25, 0.3) is 0 Å². The van der Waals surface area contributed by atoms with Gasteiger partial charge in [-0.3, -0.25) is 10.1 Å². The monoisotopic (exact) mass is 365 g/mol. The molecule has 2 rings (SSSR count). The maximum Gasteiger partial charge on any atom is 0.434 e. The third kappa shape index (κ3) is 3.72. The van der Waals surface area contributed by atoms with Crippen LogP contribution in [0.15, 0.2) is 17.5 Å². The first-order valence-corrected chi connectivity index (χ1v) is 7.26. The van der Waals surface area contributed by atoms with Gasteiger partial charge >= 0.3 is 11.9 Å². The van der Waals surface area contributed by atoms with Gasteiger partial charge in [-0.15, -0.1) is 11.3 Å². The van der Waals surface area contributed by atoms with Crippen LogP contribution in [0, 0.1) is 15.9 Å². The molecule has 0 spiro atoms. The van der Waals surface area contributed by atoms with Gasteiger partial charge < -0.3 is 9.64 Å². The number of hydrogen-bond donors (Lipinski definition) is 0. The van der Waals surface area contributed by atoms with Crippen LogP contribution in [0.2, 0.25) is 0 Å². The molecule has 0 bridgehead atoms. The van der Waals surface area contributed by atoms with Crippen molar-refractivity contribution in [3.8, 4) is 5.75 Å². The molecule has 0 aliphatic heterocycles. The van der Waals surface area contributed by atoms with Crippen LogP contribution in [0.1, 0.15) is 10.7 Å². The number of hydrogen-bond acceptors (Lipinski definition) is 6. The molecule has 2 aromatic rings. The molecule has 0 radical (unpaired) electrons. The van der Waals surface area contributed by atoms with E-state index < -0.39 is 28.3 Å². The summed E-state index contributed by atoms with van der Waals surface area (Å²) in [5, 5.41) is 12.0. The second kappa shape index (κ2) is 6.59. The highest BCUT2D eigenvalue weighted by Gasteiger charge is 2.34. The van der Waals surface area contributed by atoms with Gasteiger partial charge in [0, 0.05) is 24.6 Å². The molecular formula is C13H11F4N3O3S. The molecule has 0 fully saturated rings. The van der Waals surface area contributed by atoms with Crippen LogP contribution in [0.5, 0.6) is 5.75 Å². The number of aromatic nitrogens is 1. The smallest absolute Gasteiger partial charge is 0.434 e. The average Bonchev–Trinajstić information content (AvgIpc) is 2.94. The Balaban J connectivity index is 2.35. The predicted molar refractivity (Wildman–Crippen MR) is 78.8 cm³/mol. The highest BCUT2D eigenvalue weighted by atomic mass is 32.1. The molecule has 0 saturated carbocycles. The van der Waals surface area contributed by atoms with E-state index in [1.807, 2.05) is 0 Å². The van der Waals surface area contributed by atoms with Crippen molar-refractivity contribution < 1.29 is 27.2 Å². The van der Waals surface area contributed by atoms with E-state index in [1.54, 1.807) is 0 Å². The third-order valence-corrected chi connectivity index (χ3v) is 3.89. The van der Waals surface area contributed by atoms with Gasteiger partial charge in [0.2, 0.25) is 5.82 Å². The normalized spacial score (nSPS) is 11.4. The Hall–Kier alpha value is -2.43. The fourth-order valence-electron chi connectivity index (χ4n) is 1.95. The molecule has 0 amide bonds. The van der Waals surface area contributed by atoms with E-state index in [1.165, 1.54) is 25.1 Å². The van der Waals surface area contributed by atoms with Crippen molar-refractivity contribution in [1.82, 2.24) is 4.98 Å². The van der Waals surface area contributed by atoms with E-state index in [4.69, 9.17) is 4.74 Å². The Kier molecular flexibility index (Phi) is 4.92. The molecule has 0 saturated heterocycles. The van der Waals surface area contributed by atoms with Gasteiger partial charge in [-0.2, -0.15) is 17.6 Å². The fourth-order valence-corrected chi connectivity index (χ4v) is 2.80. The first kappa shape index (κ1) is 17.9. The number of anilines is 1. The molecular weight excluding hydrogens is 354 g/mol. The SMILES string of the molecule is COc1cc(F)c([N+](=O)[O-])c(N(C)Cc2nc(C(F)(F)F)cs2)c1. The van der Waals surface area contributed by atoms with E-state index in [2.05, 4.69) is 4.98 Å². The van der Waals surface area contributed by atoms with Crippen molar-refractivity contribution in [2.24, 2.45) is 0 Å². The molecule has 1 aromatic carbocycles. The minimum Gasteiger partial charge on any atom is -0.497 e. The molecule has 0 aliphatic carbocycles. The summed E-state index contributed by atoms with van der Waals surface area (Å²) in [5.74, 6) is -1.05. The topological polar surface area (TPSA) is 68.5 Å². The third-order valence-electron chi connectivity index (χ3n) is 3.06. The van der Waals surface area contributed by atoms with Crippen molar-refractivity contribution in [2.45, 2.75) is 12.7 Å². The Bertz CT molecular complexity index is 763. The zero-order valence-corrected chi connectivity index (χ0v) is 13.2. The summed E-state index contributed by atoms with van der Waals surface area (Å²) >= 11 is 0.760. The van der Waals surface area contributed by atoms with Gasteiger partial charge in [-0.05, 0) is 0 Å². The number of rotatable bonds is 5. The van der Waals surface area contributed by atoms with E-state index >= 15 is 0 Å². The lowest BCUT2D eigenvalue weighted by Crippen LogP contribution is -2.18. The number of thiazole rings is 1. The lowest BCUT2D eigenvalue weighted by Gasteiger charge is -2.18. The van der Waals surface area contributed by atoms with Crippen LogP contribution in [0.4, 0.5) is 28.9 Å². The average molecular weight is 365 g/mol. The first-order chi connectivity index (χ1) is 11.1. The van der Waals surface area contributed by atoms with Crippen LogP contribution < -0.4 is 9.64 Å². The second-order valence-corrected chi connectivity index (χ2v) is 5.66. The first-order valence-electron chi connectivity index (χ1n) is 6.38. The van der Waals surface area contributed by atoms with Gasteiger partial charge in [-0.1, -0.05) is 0 Å². The highest BCUT2D eigenvalue weighted by Crippen LogP contribution is 2.36. The molecule has 0 aliphatic rings. The standard InChI is InChI=1S/C13H11F4N3O3S/c1-19(5-11-18-10(6-24-11)13(15,16)17)9-4-7(23-2)3-8(14)12(9)20(21)22/h3-4,6H,5H2,1-2H3. The van der Waals surface area contributed by atoms with Gasteiger partial charge in [0.05, 0.1) is 18.6 Å². The van der Waals surface area contributed by atoms with Crippen molar-refractivity contribution in [1.29, 1.82) is 0 Å². The van der Waals surface area contributed by atoms with Gasteiger partial charge in [0.25, 0.3) is 0 Å². The Labute approximate surface area is 137 Å². The van der Waals surface area contributed by atoms with Gasteiger partial charge in [0.15, 0.2) is 5.69 Å². The van der Waals surface area contributed by atoms with Crippen molar-refractivity contribution in [3.63, 3.8) is 0 Å².